The van der Waals surface area contributed by atoms with Gasteiger partial charge in [-0.05, 0) is 152 Å². The lowest BCUT2D eigenvalue weighted by Crippen LogP contribution is -2.33. The molecule has 0 unspecified atom stereocenters. The predicted octanol–water partition coefficient (Wildman–Crippen LogP) is 12.3. The van der Waals surface area contributed by atoms with E-state index in [2.05, 4.69) is 55.7 Å². The van der Waals surface area contributed by atoms with Crippen molar-refractivity contribution in [1.82, 2.24) is 9.80 Å². The van der Waals surface area contributed by atoms with Crippen molar-refractivity contribution in [2.75, 3.05) is 39.4 Å². The maximum atomic E-state index is 11.9. The lowest BCUT2D eigenvalue weighted by Gasteiger charge is -2.34. The topological polar surface area (TPSA) is 124 Å². The lowest BCUT2D eigenvalue weighted by molar-refractivity contribution is 0.189. The number of ether oxygens (including phenoxy) is 4. The van der Waals surface area contributed by atoms with Gasteiger partial charge in [0, 0.05) is 42.8 Å². The van der Waals surface area contributed by atoms with Crippen molar-refractivity contribution in [3.05, 3.63) is 144 Å². The molecule has 354 valence electrons. The Morgan fingerprint density at radius 3 is 1.84 bits per heavy atom. The second kappa shape index (κ2) is 19.7. The van der Waals surface area contributed by atoms with Gasteiger partial charge >= 0.3 is 0 Å². The Morgan fingerprint density at radius 2 is 1.19 bits per heavy atom. The molecule has 12 heteroatoms. The second-order valence-corrected chi connectivity index (χ2v) is 21.4. The van der Waals surface area contributed by atoms with Crippen LogP contribution in [0.3, 0.4) is 0 Å². The molecule has 4 heterocycles. The van der Waals surface area contributed by atoms with Crippen LogP contribution in [0.15, 0.2) is 131 Å². The molecule has 68 heavy (non-hydrogen) atoms. The number of hydrogen-bond donors (Lipinski definition) is 4. The molecule has 2 saturated heterocycles. The Labute approximate surface area is 407 Å². The van der Waals surface area contributed by atoms with E-state index in [0.717, 1.165) is 70.4 Å². The monoisotopic (exact) mass is 952 g/mol. The largest absolute Gasteiger partial charge is 0.508 e. The van der Waals surface area contributed by atoms with Crippen LogP contribution in [0.2, 0.25) is 0 Å². The number of nitrogens with zero attached hydrogens (tertiary/aromatic N) is 2. The molecule has 2 fully saturated rings. The highest BCUT2D eigenvalue weighted by Gasteiger charge is 2.37. The van der Waals surface area contributed by atoms with Crippen molar-refractivity contribution in [2.45, 2.75) is 85.1 Å². The van der Waals surface area contributed by atoms with Crippen molar-refractivity contribution in [3.63, 3.8) is 0 Å². The van der Waals surface area contributed by atoms with Gasteiger partial charge in [0.25, 0.3) is 0 Å². The molecule has 0 amide bonds. The lowest BCUT2D eigenvalue weighted by atomic mass is 9.92. The van der Waals surface area contributed by atoms with Crippen molar-refractivity contribution in [3.8, 4) is 57.1 Å². The maximum absolute atomic E-state index is 11.9. The maximum Gasteiger partial charge on any atom is 0.140 e. The van der Waals surface area contributed by atoms with Gasteiger partial charge in [-0.15, -0.1) is 23.5 Å². The minimum absolute atomic E-state index is 0.0950. The van der Waals surface area contributed by atoms with Crippen LogP contribution in [0.1, 0.15) is 85.5 Å². The highest BCUT2D eigenvalue weighted by molar-refractivity contribution is 8.00. The predicted molar refractivity (Wildman–Crippen MR) is 269 cm³/mol. The molecule has 0 radical (unpaired) electrons. The summed E-state index contributed by atoms with van der Waals surface area (Å²) < 4.78 is 26.6. The van der Waals surface area contributed by atoms with Crippen LogP contribution < -0.4 is 18.9 Å². The Kier molecular flexibility index (Phi) is 13.4. The van der Waals surface area contributed by atoms with E-state index in [0.29, 0.717) is 65.5 Å². The minimum Gasteiger partial charge on any atom is -0.508 e. The van der Waals surface area contributed by atoms with Gasteiger partial charge in [0.15, 0.2) is 0 Å². The number of phenols is 4. The number of benzene rings is 6. The van der Waals surface area contributed by atoms with Crippen LogP contribution in [-0.2, 0) is 0 Å². The van der Waals surface area contributed by atoms with Crippen LogP contribution in [-0.4, -0.2) is 81.7 Å². The number of hydrogen-bond acceptors (Lipinski definition) is 12. The molecule has 6 aromatic rings. The molecular formula is C56H60N2O8S2. The number of fused-ring (bicyclic) bond motifs is 2. The first-order chi connectivity index (χ1) is 32.9. The van der Waals surface area contributed by atoms with Crippen LogP contribution >= 0.6 is 23.5 Å². The van der Waals surface area contributed by atoms with Crippen LogP contribution in [0, 0.1) is 11.8 Å². The summed E-state index contributed by atoms with van der Waals surface area (Å²) in [6, 6.07) is 38.5. The second-order valence-electron chi connectivity index (χ2n) is 19.0. The molecule has 4 aliphatic rings. The van der Waals surface area contributed by atoms with Crippen molar-refractivity contribution < 1.29 is 39.4 Å². The van der Waals surface area contributed by atoms with Gasteiger partial charge in [-0.2, -0.15) is 0 Å². The summed E-state index contributed by atoms with van der Waals surface area (Å²) in [5.74, 6) is 4.65. The summed E-state index contributed by atoms with van der Waals surface area (Å²) in [4.78, 5) is 6.59. The van der Waals surface area contributed by atoms with Gasteiger partial charge in [-0.1, -0.05) is 50.2 Å². The molecule has 6 aromatic carbocycles. The average molecular weight is 953 g/mol. The zero-order chi connectivity index (χ0) is 47.1. The molecule has 0 aliphatic carbocycles. The standard InChI is InChI=1S/C56H60N2O8S2/c1-33-26-35(3)58(32-33)23-25-64-48-17-11-38(54-55(39-6-5-7-41(59)27-39)67-52-31-43(61)13-19-50(52)66-54)28-46(48)45-29-40(10-16-47(45)62)56-53(65-49-18-12-42(60)30-51(49)68-56)37-8-14-44(15-9-37)63-24-22-57-21-20-34(2)36(57)4/h5-19,27-31,33-36,53-56,59-62H,20-26,32H2,1-4H3/t33-,34-,35+,36+,53-,54-,55+,56+/m0/s1. The average Bonchev–Trinajstić information content (AvgIpc) is 3.84. The van der Waals surface area contributed by atoms with E-state index in [4.69, 9.17) is 18.9 Å². The third-order valence-electron chi connectivity index (χ3n) is 14.3. The Morgan fingerprint density at radius 1 is 0.588 bits per heavy atom. The fourth-order valence-corrected chi connectivity index (χ4v) is 13.0. The number of phenolic OH excluding ortho intramolecular Hbond substituents is 4. The summed E-state index contributed by atoms with van der Waals surface area (Å²) >= 11 is 3.19. The first kappa shape index (κ1) is 46.1. The van der Waals surface area contributed by atoms with Gasteiger partial charge in [0.2, 0.25) is 0 Å². The highest BCUT2D eigenvalue weighted by Crippen LogP contribution is 2.57. The zero-order valence-electron chi connectivity index (χ0n) is 39.0. The van der Waals surface area contributed by atoms with E-state index in [9.17, 15) is 20.4 Å². The summed E-state index contributed by atoms with van der Waals surface area (Å²) in [6.07, 6.45) is 1.45. The number of thioether (sulfide) groups is 2. The quantitative estimate of drug-likeness (QED) is 0.0881. The normalized spacial score (nSPS) is 24.7. The minimum atomic E-state index is -0.515. The molecular weight excluding hydrogens is 893 g/mol. The third kappa shape index (κ3) is 9.79. The van der Waals surface area contributed by atoms with Crippen LogP contribution in [0.5, 0.6) is 46.0 Å². The Balaban J connectivity index is 1.00. The first-order valence-corrected chi connectivity index (χ1v) is 25.6. The fourth-order valence-electron chi connectivity index (χ4n) is 10.3. The van der Waals surface area contributed by atoms with Gasteiger partial charge < -0.3 is 39.4 Å². The number of rotatable bonds is 13. The van der Waals surface area contributed by atoms with E-state index >= 15 is 0 Å². The van der Waals surface area contributed by atoms with E-state index in [1.165, 1.54) is 6.42 Å². The molecule has 10 nitrogen and oxygen atoms in total. The number of aromatic hydroxyl groups is 4. The molecule has 4 aliphatic heterocycles. The molecule has 0 spiro atoms. The van der Waals surface area contributed by atoms with Crippen LogP contribution in [0.4, 0.5) is 0 Å². The Hall–Kier alpha value is -5.66. The fraction of sp³-hybridized carbons (Fsp3) is 0.357. The van der Waals surface area contributed by atoms with E-state index in [1.54, 1.807) is 72.1 Å². The smallest absolute Gasteiger partial charge is 0.140 e. The summed E-state index contributed by atoms with van der Waals surface area (Å²) in [5.41, 5.74) is 4.91. The summed E-state index contributed by atoms with van der Waals surface area (Å²) in [7, 11) is 0. The highest BCUT2D eigenvalue weighted by atomic mass is 32.2. The van der Waals surface area contributed by atoms with Gasteiger partial charge in [-0.25, -0.2) is 0 Å². The van der Waals surface area contributed by atoms with Gasteiger partial charge in [-0.3, -0.25) is 9.80 Å². The van der Waals surface area contributed by atoms with Gasteiger partial charge in [0.1, 0.15) is 71.4 Å². The molecule has 0 saturated carbocycles. The van der Waals surface area contributed by atoms with E-state index < -0.39 is 12.2 Å². The molecule has 10 rings (SSSR count). The first-order valence-electron chi connectivity index (χ1n) is 23.9. The summed E-state index contributed by atoms with van der Waals surface area (Å²) in [5, 5.41) is 43.0. The number of likely N-dealkylation sites (tertiary alicyclic amines) is 2. The Bertz CT molecular complexity index is 2750. The SMILES string of the molecule is C[C@H]1C[C@@H](C)N(CCOc2ccc([C@@H]3Oc4ccc(O)cc4S[C@@H]3c3cccc(O)c3)cc2-c2cc([C@H]3Sc4cc(O)ccc4O[C@H]3c3ccc(OCCN4CC[C@H](C)[C@H]4C)cc3)ccc2O)C1. The summed E-state index contributed by atoms with van der Waals surface area (Å²) in [6.45, 7) is 14.1. The molecule has 0 aromatic heterocycles. The van der Waals surface area contributed by atoms with Crippen molar-refractivity contribution >= 4 is 23.5 Å². The van der Waals surface area contributed by atoms with Crippen molar-refractivity contribution in [1.29, 1.82) is 0 Å². The van der Waals surface area contributed by atoms with Gasteiger partial charge in [0.05, 0.1) is 20.3 Å². The molecule has 0 bridgehead atoms. The van der Waals surface area contributed by atoms with E-state index in [1.807, 2.05) is 54.6 Å². The van der Waals surface area contributed by atoms with E-state index in [-0.39, 0.29) is 33.5 Å². The third-order valence-corrected chi connectivity index (χ3v) is 17.0. The van der Waals surface area contributed by atoms with Crippen molar-refractivity contribution in [2.24, 2.45) is 11.8 Å². The molecule has 4 N–H and O–H groups in total. The zero-order valence-corrected chi connectivity index (χ0v) is 40.6. The van der Waals surface area contributed by atoms with Crippen LogP contribution in [0.25, 0.3) is 11.1 Å². The molecule has 8 atom stereocenters.